The quantitative estimate of drug-likeness (QED) is 0.331. The molecule has 0 aliphatic carbocycles. The molecule has 31 heavy (non-hydrogen) atoms. The second-order valence-electron chi connectivity index (χ2n) is 9.65. The predicted octanol–water partition coefficient (Wildman–Crippen LogP) is 8.50. The van der Waals surface area contributed by atoms with Crippen LogP contribution in [0, 0.1) is 0 Å². The van der Waals surface area contributed by atoms with Gasteiger partial charge in [0.2, 0.25) is 0 Å². The maximum atomic E-state index is 6.75. The second-order valence-corrected chi connectivity index (χ2v) is 11.6. The van der Waals surface area contributed by atoms with Gasteiger partial charge in [0.15, 0.2) is 0 Å². The summed E-state index contributed by atoms with van der Waals surface area (Å²) in [5.74, 6) is 1.80. The molecule has 0 fully saturated rings. The van der Waals surface area contributed by atoms with Gasteiger partial charge in [-0.25, -0.2) is 0 Å². The van der Waals surface area contributed by atoms with Gasteiger partial charge in [0, 0.05) is 0 Å². The predicted molar refractivity (Wildman–Crippen MR) is 133 cm³/mol. The molecule has 0 amide bonds. The Bertz CT molecular complexity index is 807. The fraction of sp³-hybridized carbons (Fsp3) is 0.481. The Hall–Kier alpha value is -1.27. The van der Waals surface area contributed by atoms with E-state index in [0.717, 1.165) is 0 Å². The molecule has 0 spiro atoms. The number of nitrogens with zero attached hydrogens (tertiary/aromatic N) is 2. The molecule has 1 aliphatic heterocycles. The fourth-order valence-electron chi connectivity index (χ4n) is 4.44. The minimum absolute atomic E-state index is 0.0170. The summed E-state index contributed by atoms with van der Waals surface area (Å²) in [7, 11) is 6.75. The molecule has 4 heteroatoms. The third kappa shape index (κ3) is 4.75. The number of hydrogen-bond acceptors (Lipinski definition) is 2. The van der Waals surface area contributed by atoms with Crippen LogP contribution in [0.3, 0.4) is 0 Å². The molecule has 172 valence electrons. The Labute approximate surface area is 201 Å². The second kappa shape index (κ2) is 10.1. The molecule has 0 radical (unpaired) electrons. The molecule has 2 aromatic rings. The van der Waals surface area contributed by atoms with Crippen LogP contribution in [0.2, 0.25) is 0 Å². The van der Waals surface area contributed by atoms with E-state index in [1.165, 1.54) is 33.6 Å². The summed E-state index contributed by atoms with van der Waals surface area (Å²) in [6, 6.07) is 13.5. The Balaban J connectivity index is 2.17. The average Bonchev–Trinajstić information content (AvgIpc) is 3.15. The molecule has 2 aromatic carbocycles. The molecule has 0 saturated heterocycles. The molecule has 0 N–H and O–H groups in total. The van der Waals surface area contributed by atoms with Crippen LogP contribution >= 0.6 is 9.53 Å². The van der Waals surface area contributed by atoms with Crippen molar-refractivity contribution in [2.75, 3.05) is 9.80 Å². The van der Waals surface area contributed by atoms with Crippen molar-refractivity contribution in [1.29, 1.82) is 0 Å². The van der Waals surface area contributed by atoms with Crippen molar-refractivity contribution in [3.05, 3.63) is 71.1 Å². The fourth-order valence-corrected chi connectivity index (χ4v) is 6.22. The van der Waals surface area contributed by atoms with Gasteiger partial charge in [-0.1, -0.05) is 0 Å². The zero-order chi connectivity index (χ0) is 22.9. The summed E-state index contributed by atoms with van der Waals surface area (Å²) < 4.78 is 0.102. The molecule has 0 unspecified atom stereocenters. The first kappa shape index (κ1) is 24.4. The van der Waals surface area contributed by atoms with Crippen LogP contribution < -0.4 is 9.80 Å². The first-order valence-corrected chi connectivity index (χ1v) is 14.3. The average molecular weight is 531 g/mol. The van der Waals surface area contributed by atoms with Gasteiger partial charge in [0.25, 0.3) is 0 Å². The van der Waals surface area contributed by atoms with Crippen molar-refractivity contribution in [2.45, 2.75) is 83.7 Å². The van der Waals surface area contributed by atoms with Crippen LogP contribution in [0.4, 0.5) is 11.4 Å². The van der Waals surface area contributed by atoms with Crippen LogP contribution in [0.15, 0.2) is 48.8 Å². The number of rotatable bonds is 7. The van der Waals surface area contributed by atoms with E-state index in [9.17, 15) is 0 Å². The van der Waals surface area contributed by atoms with Crippen molar-refractivity contribution in [3.63, 3.8) is 0 Å². The van der Waals surface area contributed by atoms with Crippen LogP contribution in [0.1, 0.15) is 101 Å². The van der Waals surface area contributed by atoms with Gasteiger partial charge in [0.1, 0.15) is 0 Å². The molecule has 1 aliphatic rings. The van der Waals surface area contributed by atoms with Crippen molar-refractivity contribution < 1.29 is 17.0 Å². The van der Waals surface area contributed by atoms with Crippen LogP contribution in [0.25, 0.3) is 0 Å². The molecule has 0 aromatic heterocycles. The van der Waals surface area contributed by atoms with Gasteiger partial charge in [-0.05, 0) is 0 Å². The maximum absolute atomic E-state index is 6.75. The van der Waals surface area contributed by atoms with Crippen molar-refractivity contribution in [1.82, 2.24) is 0 Å². The summed E-state index contributed by atoms with van der Waals surface area (Å²) >= 11 is 0.0170. The van der Waals surface area contributed by atoms with Gasteiger partial charge >= 0.3 is 202 Å². The van der Waals surface area contributed by atoms with E-state index in [2.05, 4.69) is 114 Å². The molecule has 1 heterocycles. The summed E-state index contributed by atoms with van der Waals surface area (Å²) in [6.45, 7) is 18.3. The summed E-state index contributed by atoms with van der Waals surface area (Å²) in [4.78, 5) is 4.88. The Morgan fingerprint density at radius 3 is 1.13 bits per heavy atom. The van der Waals surface area contributed by atoms with Crippen molar-refractivity contribution in [2.24, 2.45) is 0 Å². The van der Waals surface area contributed by atoms with E-state index in [4.69, 9.17) is 9.53 Å². The molecule has 2 nitrogen and oxygen atoms in total. The zero-order valence-electron chi connectivity index (χ0n) is 20.1. The summed E-state index contributed by atoms with van der Waals surface area (Å²) in [5, 5.41) is 0. The summed E-state index contributed by atoms with van der Waals surface area (Å²) in [6.07, 6.45) is 4.50. The van der Waals surface area contributed by atoms with Crippen LogP contribution in [-0.4, -0.2) is 4.64 Å². The monoisotopic (exact) mass is 530 g/mol. The third-order valence-corrected chi connectivity index (χ3v) is 7.97. The Kier molecular flexibility index (Phi) is 7.96. The number of halogens is 1. The number of hydrogen-bond donors (Lipinski definition) is 0. The van der Waals surface area contributed by atoms with E-state index in [1.54, 1.807) is 0 Å². The van der Waals surface area contributed by atoms with Crippen molar-refractivity contribution in [3.8, 4) is 0 Å². The molecule has 0 atom stereocenters. The van der Waals surface area contributed by atoms with E-state index in [1.807, 2.05) is 0 Å². The third-order valence-electron chi connectivity index (χ3n) is 6.08. The Morgan fingerprint density at radius 1 is 0.613 bits per heavy atom. The SMILES string of the molecule is CC(C)c1cccc(C(C)C)c1N1C=CN(c2c(C(C)C)cccc2C(C)C)[CH]1[Pd][Cl]. The number of anilines is 2. The molecular weight excluding hydrogens is 494 g/mol. The standard InChI is InChI=1S/C27H37N2.ClH.Pd/c1-18(2)22-11-9-12-23(19(3)4)26(22)28-15-16-29(17-28)27-24(20(5)6)13-10-14-25(27)21(7)8;;/h9-21H,1-8H3;1H;/q;;+1/p-1. The minimum atomic E-state index is 0.0170. The van der Waals surface area contributed by atoms with E-state index >= 15 is 0 Å². The first-order chi connectivity index (χ1) is 14.7. The normalized spacial score (nSPS) is 15.0. The molecule has 3 rings (SSSR count). The van der Waals surface area contributed by atoms with E-state index in [0.29, 0.717) is 23.7 Å². The van der Waals surface area contributed by atoms with Gasteiger partial charge in [-0.2, -0.15) is 0 Å². The number of para-hydroxylation sites is 2. The topological polar surface area (TPSA) is 6.48 Å². The van der Waals surface area contributed by atoms with Gasteiger partial charge < -0.3 is 0 Å². The number of benzene rings is 2. The molecular formula is C27H37ClN2Pd. The molecule has 0 bridgehead atoms. The zero-order valence-corrected chi connectivity index (χ0v) is 22.4. The summed E-state index contributed by atoms with van der Waals surface area (Å²) in [5.41, 5.74) is 8.24. The van der Waals surface area contributed by atoms with Crippen LogP contribution in [0.5, 0.6) is 0 Å². The Morgan fingerprint density at radius 2 is 0.903 bits per heavy atom. The van der Waals surface area contributed by atoms with E-state index in [-0.39, 0.29) is 21.6 Å². The molecule has 0 saturated carbocycles. The van der Waals surface area contributed by atoms with Gasteiger partial charge in [0.05, 0.1) is 0 Å². The van der Waals surface area contributed by atoms with Gasteiger partial charge in [-0.3, -0.25) is 0 Å². The van der Waals surface area contributed by atoms with Gasteiger partial charge in [-0.15, -0.1) is 0 Å². The van der Waals surface area contributed by atoms with E-state index < -0.39 is 0 Å². The first-order valence-electron chi connectivity index (χ1n) is 11.4. The van der Waals surface area contributed by atoms with Crippen molar-refractivity contribution >= 4 is 20.9 Å². The van der Waals surface area contributed by atoms with Crippen LogP contribution in [-0.2, 0) is 17.0 Å².